The number of hydrogen-bond acceptors (Lipinski definition) is 3. The number of nitrogens with one attached hydrogen (secondary N) is 1. The lowest BCUT2D eigenvalue weighted by molar-refractivity contribution is 0.108. The fourth-order valence-corrected chi connectivity index (χ4v) is 2.62. The van der Waals surface area contributed by atoms with Gasteiger partial charge >= 0.3 is 0 Å². The summed E-state index contributed by atoms with van der Waals surface area (Å²) in [5.74, 6) is -0.839. The first kappa shape index (κ1) is 15.1. The number of benzene rings is 1. The Morgan fingerprint density at radius 1 is 1.44 bits per heavy atom. The largest absolute Gasteiger partial charge is 0.276 e. The molecule has 0 aromatic heterocycles. The maximum atomic E-state index is 13.5. The minimum atomic E-state index is -3.98. The van der Waals surface area contributed by atoms with E-state index in [2.05, 4.69) is 4.72 Å². The maximum Gasteiger partial charge on any atom is 0.252 e. The van der Waals surface area contributed by atoms with Crippen LogP contribution in [0.4, 0.5) is 4.39 Å². The standard InChI is InChI=1S/C11H13ClFNO3S/c1-7(2)6-14-18(16,17)10-5-8(11(12)15)3-4-9(10)13/h3-5,7,14H,6H2,1-2H3. The maximum absolute atomic E-state index is 13.5. The van der Waals surface area contributed by atoms with Crippen LogP contribution in [-0.4, -0.2) is 20.2 Å². The number of halogens is 2. The Morgan fingerprint density at radius 3 is 2.56 bits per heavy atom. The molecule has 4 nitrogen and oxygen atoms in total. The van der Waals surface area contributed by atoms with Gasteiger partial charge in [-0.2, -0.15) is 0 Å². The van der Waals surface area contributed by atoms with Gasteiger partial charge in [-0.1, -0.05) is 13.8 Å². The molecule has 0 fully saturated rings. The summed E-state index contributed by atoms with van der Waals surface area (Å²) < 4.78 is 39.4. The minimum absolute atomic E-state index is 0.0667. The molecule has 0 atom stereocenters. The van der Waals surface area contributed by atoms with Crippen molar-refractivity contribution in [2.24, 2.45) is 5.92 Å². The van der Waals surface area contributed by atoms with Crippen LogP contribution in [0.1, 0.15) is 24.2 Å². The van der Waals surface area contributed by atoms with Crippen molar-refractivity contribution in [1.29, 1.82) is 0 Å². The minimum Gasteiger partial charge on any atom is -0.276 e. The van der Waals surface area contributed by atoms with Crippen LogP contribution in [0, 0.1) is 11.7 Å². The Hall–Kier alpha value is -0.980. The van der Waals surface area contributed by atoms with Gasteiger partial charge in [0.2, 0.25) is 10.0 Å². The molecule has 0 unspecified atom stereocenters. The Labute approximate surface area is 110 Å². The molecule has 100 valence electrons. The van der Waals surface area contributed by atoms with Crippen molar-refractivity contribution >= 4 is 26.9 Å². The summed E-state index contributed by atoms with van der Waals surface area (Å²) in [4.78, 5) is 10.4. The normalized spacial score (nSPS) is 11.8. The number of carbonyl (C=O) groups is 1. The second-order valence-corrected chi connectivity index (χ2v) is 6.24. The molecule has 1 aromatic rings. The third-order valence-electron chi connectivity index (χ3n) is 2.13. The zero-order chi connectivity index (χ0) is 13.9. The molecule has 0 radical (unpaired) electrons. The molecule has 0 aliphatic heterocycles. The van der Waals surface area contributed by atoms with E-state index in [1.54, 1.807) is 0 Å². The van der Waals surface area contributed by atoms with E-state index in [0.717, 1.165) is 18.2 Å². The van der Waals surface area contributed by atoms with E-state index in [0.29, 0.717) is 0 Å². The Balaban J connectivity index is 3.15. The summed E-state index contributed by atoms with van der Waals surface area (Å²) >= 11 is 5.23. The van der Waals surface area contributed by atoms with E-state index in [1.165, 1.54) is 0 Å². The molecule has 1 rings (SSSR count). The molecule has 18 heavy (non-hydrogen) atoms. The summed E-state index contributed by atoms with van der Waals surface area (Å²) in [7, 11) is -3.98. The van der Waals surface area contributed by atoms with Gasteiger partial charge < -0.3 is 0 Å². The van der Waals surface area contributed by atoms with Crippen molar-refractivity contribution in [2.75, 3.05) is 6.54 Å². The molecule has 0 amide bonds. The predicted octanol–water partition coefficient (Wildman–Crippen LogP) is 2.14. The fraction of sp³-hybridized carbons (Fsp3) is 0.364. The first-order chi connectivity index (χ1) is 8.24. The van der Waals surface area contributed by atoms with Gasteiger partial charge in [-0.3, -0.25) is 4.79 Å². The molecule has 0 bridgehead atoms. The van der Waals surface area contributed by atoms with E-state index in [9.17, 15) is 17.6 Å². The molecule has 0 saturated carbocycles. The molecule has 1 aromatic carbocycles. The highest BCUT2D eigenvalue weighted by Crippen LogP contribution is 2.17. The van der Waals surface area contributed by atoms with Crippen LogP contribution in [-0.2, 0) is 10.0 Å². The number of sulfonamides is 1. The van der Waals surface area contributed by atoms with Gasteiger partial charge in [0.15, 0.2) is 0 Å². The van der Waals surface area contributed by atoms with Gasteiger partial charge in [-0.15, -0.1) is 0 Å². The van der Waals surface area contributed by atoms with Gasteiger partial charge in [-0.05, 0) is 35.7 Å². The molecule has 0 heterocycles. The third-order valence-corrected chi connectivity index (χ3v) is 3.79. The van der Waals surface area contributed by atoms with Crippen molar-refractivity contribution in [3.05, 3.63) is 29.6 Å². The van der Waals surface area contributed by atoms with Crippen molar-refractivity contribution in [1.82, 2.24) is 4.72 Å². The fourth-order valence-electron chi connectivity index (χ4n) is 1.19. The molecule has 1 N–H and O–H groups in total. The lowest BCUT2D eigenvalue weighted by Crippen LogP contribution is -2.28. The highest BCUT2D eigenvalue weighted by Gasteiger charge is 2.20. The second kappa shape index (κ2) is 5.77. The van der Waals surface area contributed by atoms with Crippen LogP contribution in [0.25, 0.3) is 0 Å². The van der Waals surface area contributed by atoms with Crippen LogP contribution in [0.3, 0.4) is 0 Å². The zero-order valence-corrected chi connectivity index (χ0v) is 11.5. The Morgan fingerprint density at radius 2 is 2.06 bits per heavy atom. The molecule has 7 heteroatoms. The van der Waals surface area contributed by atoms with Gasteiger partial charge in [0.25, 0.3) is 5.24 Å². The van der Waals surface area contributed by atoms with E-state index < -0.39 is 26.0 Å². The van der Waals surface area contributed by atoms with Gasteiger partial charge in [0.1, 0.15) is 10.7 Å². The topological polar surface area (TPSA) is 63.2 Å². The van der Waals surface area contributed by atoms with Gasteiger partial charge in [0.05, 0.1) is 0 Å². The molecule has 0 aliphatic carbocycles. The first-order valence-electron chi connectivity index (χ1n) is 5.23. The molecular formula is C11H13ClFNO3S. The van der Waals surface area contributed by atoms with Gasteiger partial charge in [0, 0.05) is 12.1 Å². The predicted molar refractivity (Wildman–Crippen MR) is 66.6 cm³/mol. The average Bonchev–Trinajstić information content (AvgIpc) is 2.26. The Bertz CT molecular complexity index is 557. The van der Waals surface area contributed by atoms with Crippen molar-refractivity contribution in [3.63, 3.8) is 0 Å². The molecule has 0 saturated heterocycles. The monoisotopic (exact) mass is 293 g/mol. The van der Waals surface area contributed by atoms with Crippen LogP contribution < -0.4 is 4.72 Å². The number of rotatable bonds is 5. The van der Waals surface area contributed by atoms with E-state index >= 15 is 0 Å². The Kier molecular flexibility index (Phi) is 4.84. The molecule has 0 spiro atoms. The number of hydrogen-bond donors (Lipinski definition) is 1. The number of carbonyl (C=O) groups excluding carboxylic acids is 1. The summed E-state index contributed by atoms with van der Waals surface area (Å²) in [6, 6.07) is 2.96. The SMILES string of the molecule is CC(C)CNS(=O)(=O)c1cc(C(=O)Cl)ccc1F. The second-order valence-electron chi connectivity index (χ2n) is 4.16. The lowest BCUT2D eigenvalue weighted by Gasteiger charge is -2.10. The van der Waals surface area contributed by atoms with Crippen molar-refractivity contribution in [2.45, 2.75) is 18.7 Å². The van der Waals surface area contributed by atoms with Gasteiger partial charge in [-0.25, -0.2) is 17.5 Å². The molecular weight excluding hydrogens is 281 g/mol. The highest BCUT2D eigenvalue weighted by atomic mass is 35.5. The van der Waals surface area contributed by atoms with Crippen LogP contribution in [0.5, 0.6) is 0 Å². The molecule has 0 aliphatic rings. The van der Waals surface area contributed by atoms with E-state index in [1.807, 2.05) is 13.8 Å². The van der Waals surface area contributed by atoms with Crippen LogP contribution >= 0.6 is 11.6 Å². The third kappa shape index (κ3) is 3.76. The quantitative estimate of drug-likeness (QED) is 0.846. The van der Waals surface area contributed by atoms with Crippen molar-refractivity contribution < 1.29 is 17.6 Å². The summed E-state index contributed by atoms with van der Waals surface area (Å²) in [5.41, 5.74) is -0.0667. The van der Waals surface area contributed by atoms with Crippen LogP contribution in [0.15, 0.2) is 23.1 Å². The highest BCUT2D eigenvalue weighted by molar-refractivity contribution is 7.89. The zero-order valence-electron chi connectivity index (χ0n) is 9.91. The smallest absolute Gasteiger partial charge is 0.252 e. The summed E-state index contributed by atoms with van der Waals surface area (Å²) in [6.45, 7) is 3.82. The van der Waals surface area contributed by atoms with E-state index in [4.69, 9.17) is 11.6 Å². The van der Waals surface area contributed by atoms with Crippen molar-refractivity contribution in [3.8, 4) is 0 Å². The summed E-state index contributed by atoms with van der Waals surface area (Å²) in [6.07, 6.45) is 0. The summed E-state index contributed by atoms with van der Waals surface area (Å²) in [5, 5.41) is -0.838. The van der Waals surface area contributed by atoms with Crippen LogP contribution in [0.2, 0.25) is 0 Å². The lowest BCUT2D eigenvalue weighted by atomic mass is 10.2. The van der Waals surface area contributed by atoms with E-state index in [-0.39, 0.29) is 18.0 Å². The first-order valence-corrected chi connectivity index (χ1v) is 7.09. The average molecular weight is 294 g/mol.